The van der Waals surface area contributed by atoms with Crippen molar-refractivity contribution in [1.29, 1.82) is 0 Å². The van der Waals surface area contributed by atoms with Crippen molar-refractivity contribution >= 4 is 22.6 Å². The molecule has 182 valence electrons. The van der Waals surface area contributed by atoms with Crippen LogP contribution in [0.2, 0.25) is 0 Å². The molecule has 1 N–H and O–H groups in total. The predicted octanol–water partition coefficient (Wildman–Crippen LogP) is 8.19. The van der Waals surface area contributed by atoms with E-state index in [9.17, 15) is 9.59 Å². The van der Waals surface area contributed by atoms with E-state index < -0.39 is 0 Å². The van der Waals surface area contributed by atoms with Crippen LogP contribution in [0.3, 0.4) is 0 Å². The van der Waals surface area contributed by atoms with Crippen LogP contribution in [-0.4, -0.2) is 5.91 Å². The molecule has 0 atom stereocenters. The van der Waals surface area contributed by atoms with Gasteiger partial charge in [-0.2, -0.15) is 0 Å². The van der Waals surface area contributed by atoms with Gasteiger partial charge in [0.05, 0.1) is 0 Å². The zero-order chi connectivity index (χ0) is 24.4. The Kier molecular flexibility index (Phi) is 13.1. The van der Waals surface area contributed by atoms with Crippen molar-refractivity contribution in [1.82, 2.24) is 0 Å². The van der Waals surface area contributed by atoms with Crippen LogP contribution in [0.25, 0.3) is 11.0 Å². The van der Waals surface area contributed by atoms with Crippen LogP contribution in [0.4, 0.5) is 5.69 Å². The molecule has 4 nitrogen and oxygen atoms in total. The molecule has 1 aromatic carbocycles. The minimum atomic E-state index is -0.382. The molecule has 34 heavy (non-hydrogen) atoms. The van der Waals surface area contributed by atoms with Gasteiger partial charge in [0.1, 0.15) is 5.58 Å². The molecule has 0 saturated heterocycles. The first-order chi connectivity index (χ1) is 16.6. The van der Waals surface area contributed by atoms with Gasteiger partial charge in [-0.1, -0.05) is 68.4 Å². The Balaban J connectivity index is 1.55. The first-order valence-electron chi connectivity index (χ1n) is 12.5. The van der Waals surface area contributed by atoms with E-state index in [-0.39, 0.29) is 11.5 Å². The van der Waals surface area contributed by atoms with Gasteiger partial charge in [0.25, 0.3) is 0 Å². The molecule has 0 spiro atoms. The molecule has 1 amide bonds. The van der Waals surface area contributed by atoms with Gasteiger partial charge >= 0.3 is 5.63 Å². The highest BCUT2D eigenvalue weighted by Crippen LogP contribution is 2.21. The molecule has 2 rings (SSSR count). The monoisotopic (exact) mass is 461 g/mol. The van der Waals surface area contributed by atoms with Crippen molar-refractivity contribution in [3.63, 3.8) is 0 Å². The summed E-state index contributed by atoms with van der Waals surface area (Å²) in [7, 11) is 0. The van der Waals surface area contributed by atoms with Gasteiger partial charge in [-0.15, -0.1) is 0 Å². The highest BCUT2D eigenvalue weighted by atomic mass is 16.4. The summed E-state index contributed by atoms with van der Waals surface area (Å²) in [5.41, 5.74) is 1.61. The lowest BCUT2D eigenvalue weighted by molar-refractivity contribution is -0.116. The van der Waals surface area contributed by atoms with Crippen molar-refractivity contribution in [2.75, 3.05) is 5.32 Å². The number of hydrogen-bond acceptors (Lipinski definition) is 3. The zero-order valence-corrected chi connectivity index (χ0v) is 20.7. The number of amides is 1. The highest BCUT2D eigenvalue weighted by molar-refractivity contribution is 5.93. The average molecular weight is 462 g/mol. The molecule has 0 aliphatic rings. The fourth-order valence-electron chi connectivity index (χ4n) is 3.57. The van der Waals surface area contributed by atoms with Crippen LogP contribution >= 0.6 is 0 Å². The first kappa shape index (κ1) is 27.1. The van der Waals surface area contributed by atoms with Gasteiger partial charge in [-0.3, -0.25) is 4.79 Å². The number of unbranched alkanes of at least 4 members (excludes halogenated alkanes) is 4. The number of nitrogens with one attached hydrogen (secondary N) is 1. The maximum Gasteiger partial charge on any atom is 0.336 e. The summed E-state index contributed by atoms with van der Waals surface area (Å²) in [5, 5.41) is 3.75. The third kappa shape index (κ3) is 11.1. The number of hydrogen-bond donors (Lipinski definition) is 1. The number of rotatable bonds is 15. The predicted molar refractivity (Wildman–Crippen MR) is 144 cm³/mol. The lowest BCUT2D eigenvalue weighted by Gasteiger charge is -2.06. The molecule has 1 aromatic heterocycles. The van der Waals surface area contributed by atoms with E-state index in [1.165, 1.54) is 31.7 Å². The Morgan fingerprint density at radius 1 is 0.853 bits per heavy atom. The SMILES string of the molecule is CCCCC/C=C\C/C=C\C/C=C\C/C=C\CCCC(=O)Nc1ccc2c(C)cc(=O)oc2c1. The van der Waals surface area contributed by atoms with Crippen LogP contribution in [0.1, 0.15) is 76.7 Å². The van der Waals surface area contributed by atoms with Gasteiger partial charge in [0.2, 0.25) is 5.91 Å². The summed E-state index contributed by atoms with van der Waals surface area (Å²) in [4.78, 5) is 23.7. The zero-order valence-electron chi connectivity index (χ0n) is 20.7. The summed E-state index contributed by atoms with van der Waals surface area (Å²) in [6, 6.07) is 6.87. The third-order valence-electron chi connectivity index (χ3n) is 5.47. The fraction of sp³-hybridized carbons (Fsp3) is 0.400. The molecule has 0 radical (unpaired) electrons. The molecule has 0 aliphatic heterocycles. The molecular weight excluding hydrogens is 422 g/mol. The van der Waals surface area contributed by atoms with Crippen LogP contribution in [0.5, 0.6) is 0 Å². The van der Waals surface area contributed by atoms with Crippen LogP contribution in [-0.2, 0) is 4.79 Å². The van der Waals surface area contributed by atoms with Crippen LogP contribution < -0.4 is 10.9 Å². The molecule has 1 heterocycles. The summed E-state index contributed by atoms with van der Waals surface area (Å²) < 4.78 is 5.23. The Bertz CT molecular complexity index is 1060. The van der Waals surface area contributed by atoms with Crippen LogP contribution in [0.15, 0.2) is 82.1 Å². The van der Waals surface area contributed by atoms with E-state index in [1.807, 2.05) is 19.1 Å². The van der Waals surface area contributed by atoms with Crippen LogP contribution in [0, 0.1) is 6.92 Å². The lowest BCUT2D eigenvalue weighted by Crippen LogP contribution is -2.11. The van der Waals surface area contributed by atoms with E-state index in [0.29, 0.717) is 17.7 Å². The molecule has 0 fully saturated rings. The smallest absolute Gasteiger partial charge is 0.336 e. The fourth-order valence-corrected chi connectivity index (χ4v) is 3.57. The molecule has 0 unspecified atom stereocenters. The van der Waals surface area contributed by atoms with E-state index in [1.54, 1.807) is 6.07 Å². The molecule has 2 aromatic rings. The second-order valence-electron chi connectivity index (χ2n) is 8.49. The average Bonchev–Trinajstić information content (AvgIpc) is 2.80. The first-order valence-corrected chi connectivity index (χ1v) is 12.5. The molecule has 0 saturated carbocycles. The lowest BCUT2D eigenvalue weighted by atomic mass is 10.1. The van der Waals surface area contributed by atoms with Crippen molar-refractivity contribution < 1.29 is 9.21 Å². The van der Waals surface area contributed by atoms with Crippen molar-refractivity contribution in [2.24, 2.45) is 0 Å². The summed E-state index contributed by atoms with van der Waals surface area (Å²) in [5.74, 6) is -0.0368. The van der Waals surface area contributed by atoms with E-state index in [0.717, 1.165) is 43.1 Å². The third-order valence-corrected chi connectivity index (χ3v) is 5.47. The number of anilines is 1. The number of carbonyl (C=O) groups is 1. The van der Waals surface area contributed by atoms with Gasteiger partial charge < -0.3 is 9.73 Å². The van der Waals surface area contributed by atoms with Gasteiger partial charge in [-0.05, 0) is 69.6 Å². The molecular formula is C30H39NO3. The van der Waals surface area contributed by atoms with E-state index in [4.69, 9.17) is 4.42 Å². The van der Waals surface area contributed by atoms with E-state index >= 15 is 0 Å². The molecule has 0 bridgehead atoms. The summed E-state index contributed by atoms with van der Waals surface area (Å²) >= 11 is 0. The second kappa shape index (κ2) is 16.5. The molecule has 0 aliphatic carbocycles. The quantitative estimate of drug-likeness (QED) is 0.165. The maximum absolute atomic E-state index is 12.2. The van der Waals surface area contributed by atoms with Crippen molar-refractivity contribution in [2.45, 2.75) is 78.1 Å². The van der Waals surface area contributed by atoms with E-state index in [2.05, 4.69) is 60.8 Å². The standard InChI is InChI=1S/C30H39NO3/c1-3-4-5-6-7-8-9-10-11-12-13-14-15-16-17-18-19-20-29(32)31-26-21-22-27-25(2)23-30(33)34-28(27)24-26/h7-8,10-11,13-14,16-17,21-24H,3-6,9,12,15,18-20H2,1-2H3,(H,31,32)/b8-7-,11-10-,14-13-,17-16-. The number of fused-ring (bicyclic) bond motifs is 1. The van der Waals surface area contributed by atoms with Crippen molar-refractivity contribution in [3.05, 3.63) is 88.9 Å². The summed E-state index contributed by atoms with van der Waals surface area (Å²) in [6.07, 6.45) is 27.7. The largest absolute Gasteiger partial charge is 0.423 e. The minimum absolute atomic E-state index is 0.0368. The van der Waals surface area contributed by atoms with Gasteiger partial charge in [0.15, 0.2) is 0 Å². The number of carbonyl (C=O) groups excluding carboxylic acids is 1. The number of benzene rings is 1. The van der Waals surface area contributed by atoms with Gasteiger partial charge in [0, 0.05) is 29.6 Å². The topological polar surface area (TPSA) is 59.3 Å². The Morgan fingerprint density at radius 3 is 2.12 bits per heavy atom. The van der Waals surface area contributed by atoms with Gasteiger partial charge in [-0.25, -0.2) is 4.79 Å². The summed E-state index contributed by atoms with van der Waals surface area (Å²) in [6.45, 7) is 4.10. The number of allylic oxidation sites excluding steroid dienone is 8. The Labute approximate surface area is 204 Å². The Hall–Kier alpha value is -3.14. The molecule has 4 heteroatoms. The number of aryl methyl sites for hydroxylation is 1. The minimum Gasteiger partial charge on any atom is -0.423 e. The second-order valence-corrected chi connectivity index (χ2v) is 8.49. The van der Waals surface area contributed by atoms with Crippen molar-refractivity contribution in [3.8, 4) is 0 Å². The highest BCUT2D eigenvalue weighted by Gasteiger charge is 2.06. The maximum atomic E-state index is 12.2. The normalized spacial score (nSPS) is 12.2. The Morgan fingerprint density at radius 2 is 1.47 bits per heavy atom.